The first-order chi connectivity index (χ1) is 8.31. The summed E-state index contributed by atoms with van der Waals surface area (Å²) < 4.78 is 0. The molecule has 0 bridgehead atoms. The number of nitrogens with zero attached hydrogens (tertiary/aromatic N) is 1. The molecule has 92 valence electrons. The normalized spacial score (nSPS) is 20.2. The lowest BCUT2D eigenvalue weighted by molar-refractivity contribution is 0.318. The van der Waals surface area contributed by atoms with Crippen LogP contribution in [0, 0.1) is 17.8 Å². The van der Waals surface area contributed by atoms with E-state index in [0.717, 1.165) is 18.0 Å². The highest BCUT2D eigenvalue weighted by atomic mass is 32.1. The molecule has 1 unspecified atom stereocenters. The Kier molecular flexibility index (Phi) is 4.61. The lowest BCUT2D eigenvalue weighted by atomic mass is 10.1. The lowest BCUT2D eigenvalue weighted by Gasteiger charge is -2.13. The molecule has 1 fully saturated rings. The van der Waals surface area contributed by atoms with E-state index in [1.54, 1.807) is 0 Å². The van der Waals surface area contributed by atoms with Gasteiger partial charge in [-0.25, -0.2) is 0 Å². The van der Waals surface area contributed by atoms with Gasteiger partial charge in [0.1, 0.15) is 0 Å². The zero-order valence-corrected chi connectivity index (χ0v) is 11.2. The summed E-state index contributed by atoms with van der Waals surface area (Å²) in [5, 5.41) is 2.13. The van der Waals surface area contributed by atoms with Crippen molar-refractivity contribution in [3.05, 3.63) is 21.9 Å². The van der Waals surface area contributed by atoms with Crippen LogP contribution < -0.4 is 5.73 Å². The van der Waals surface area contributed by atoms with Crippen molar-refractivity contribution in [2.75, 3.05) is 19.6 Å². The maximum Gasteiger partial charge on any atom is 0.0555 e. The summed E-state index contributed by atoms with van der Waals surface area (Å²) >= 11 is 1.81. The third-order valence-corrected chi connectivity index (χ3v) is 4.24. The van der Waals surface area contributed by atoms with Gasteiger partial charge in [-0.2, -0.15) is 0 Å². The Hall–Kier alpha value is -0.820. The molecule has 1 aromatic rings. The van der Waals surface area contributed by atoms with Crippen molar-refractivity contribution in [1.82, 2.24) is 4.90 Å². The van der Waals surface area contributed by atoms with Gasteiger partial charge in [0.2, 0.25) is 0 Å². The van der Waals surface area contributed by atoms with Gasteiger partial charge in [-0.15, -0.1) is 11.3 Å². The highest BCUT2D eigenvalue weighted by molar-refractivity contribution is 7.10. The minimum atomic E-state index is 0.440. The predicted molar refractivity (Wildman–Crippen MR) is 73.9 cm³/mol. The van der Waals surface area contributed by atoms with Crippen molar-refractivity contribution in [2.24, 2.45) is 11.7 Å². The molecular weight excluding hydrogens is 228 g/mol. The summed E-state index contributed by atoms with van der Waals surface area (Å²) in [5.41, 5.74) is 6.48. The fourth-order valence-electron chi connectivity index (χ4n) is 2.29. The summed E-state index contributed by atoms with van der Waals surface area (Å²) in [7, 11) is 0. The number of likely N-dealkylation sites (tertiary alicyclic amines) is 1. The molecule has 0 spiro atoms. The quantitative estimate of drug-likeness (QED) is 0.832. The van der Waals surface area contributed by atoms with Crippen LogP contribution in [-0.4, -0.2) is 24.5 Å². The van der Waals surface area contributed by atoms with Gasteiger partial charge in [0.15, 0.2) is 0 Å². The average molecular weight is 248 g/mol. The molecule has 1 aromatic heterocycles. The molecule has 3 heteroatoms. The number of rotatable bonds is 3. The van der Waals surface area contributed by atoms with Crippen molar-refractivity contribution in [3.8, 4) is 11.8 Å². The second-order valence-corrected chi connectivity index (χ2v) is 5.60. The largest absolute Gasteiger partial charge is 0.320 e. The standard InChI is InChI=1S/C14H20N2S/c1-2-12-5-7-16(9-12)10-14-8-13(11-17-14)4-3-6-15/h8,11-12H,2,5-7,9-10,15H2,1H3. The average Bonchev–Trinajstić information content (AvgIpc) is 2.96. The highest BCUT2D eigenvalue weighted by Gasteiger charge is 2.20. The van der Waals surface area contributed by atoms with Gasteiger partial charge in [-0.3, -0.25) is 4.90 Å². The molecule has 2 rings (SSSR count). The van der Waals surface area contributed by atoms with E-state index in [1.165, 1.54) is 30.8 Å². The van der Waals surface area contributed by atoms with E-state index in [4.69, 9.17) is 5.73 Å². The second-order valence-electron chi connectivity index (χ2n) is 4.61. The Bertz CT molecular complexity index is 413. The van der Waals surface area contributed by atoms with Crippen LogP contribution >= 0.6 is 11.3 Å². The van der Waals surface area contributed by atoms with E-state index in [0.29, 0.717) is 6.54 Å². The van der Waals surface area contributed by atoms with Crippen LogP contribution in [0.3, 0.4) is 0 Å². The van der Waals surface area contributed by atoms with Crippen LogP contribution in [0.4, 0.5) is 0 Å². The number of nitrogens with two attached hydrogens (primary N) is 1. The van der Waals surface area contributed by atoms with E-state index in [-0.39, 0.29) is 0 Å². The summed E-state index contributed by atoms with van der Waals surface area (Å²) in [6.07, 6.45) is 2.68. The first-order valence-electron chi connectivity index (χ1n) is 6.30. The van der Waals surface area contributed by atoms with Crippen molar-refractivity contribution >= 4 is 11.3 Å². The van der Waals surface area contributed by atoms with Gasteiger partial charge in [0.05, 0.1) is 6.54 Å². The molecule has 0 saturated carbocycles. The zero-order valence-electron chi connectivity index (χ0n) is 10.4. The smallest absolute Gasteiger partial charge is 0.0555 e. The van der Waals surface area contributed by atoms with Gasteiger partial charge < -0.3 is 5.73 Å². The Morgan fingerprint density at radius 1 is 1.59 bits per heavy atom. The molecule has 1 aliphatic heterocycles. The van der Waals surface area contributed by atoms with Crippen molar-refractivity contribution in [1.29, 1.82) is 0 Å². The van der Waals surface area contributed by atoms with E-state index in [9.17, 15) is 0 Å². The molecule has 0 aliphatic carbocycles. The summed E-state index contributed by atoms with van der Waals surface area (Å²) in [6, 6.07) is 2.20. The lowest BCUT2D eigenvalue weighted by Crippen LogP contribution is -2.19. The first-order valence-corrected chi connectivity index (χ1v) is 7.18. The van der Waals surface area contributed by atoms with Crippen molar-refractivity contribution in [3.63, 3.8) is 0 Å². The Labute approximate surface area is 108 Å². The summed E-state index contributed by atoms with van der Waals surface area (Å²) in [4.78, 5) is 3.98. The minimum Gasteiger partial charge on any atom is -0.320 e. The minimum absolute atomic E-state index is 0.440. The van der Waals surface area contributed by atoms with Gasteiger partial charge >= 0.3 is 0 Å². The topological polar surface area (TPSA) is 29.3 Å². The maximum absolute atomic E-state index is 5.37. The van der Waals surface area contributed by atoms with Gasteiger partial charge in [0, 0.05) is 28.9 Å². The fraction of sp³-hybridized carbons (Fsp3) is 0.571. The van der Waals surface area contributed by atoms with Crippen molar-refractivity contribution < 1.29 is 0 Å². The van der Waals surface area contributed by atoms with Crippen LogP contribution in [0.5, 0.6) is 0 Å². The predicted octanol–water partition coefficient (Wildman–Crippen LogP) is 2.29. The maximum atomic E-state index is 5.37. The van der Waals surface area contributed by atoms with Gasteiger partial charge in [-0.1, -0.05) is 25.2 Å². The molecule has 1 atom stereocenters. The van der Waals surface area contributed by atoms with E-state index in [2.05, 4.69) is 35.1 Å². The third kappa shape index (κ3) is 3.57. The first kappa shape index (κ1) is 12.6. The molecule has 1 aliphatic rings. The van der Waals surface area contributed by atoms with Gasteiger partial charge in [0.25, 0.3) is 0 Å². The van der Waals surface area contributed by atoms with E-state index in [1.807, 2.05) is 11.3 Å². The Morgan fingerprint density at radius 3 is 3.18 bits per heavy atom. The van der Waals surface area contributed by atoms with Crippen LogP contribution in [0.15, 0.2) is 11.4 Å². The van der Waals surface area contributed by atoms with E-state index < -0.39 is 0 Å². The zero-order chi connectivity index (χ0) is 12.1. The van der Waals surface area contributed by atoms with Crippen LogP contribution in [0.1, 0.15) is 30.2 Å². The second kappa shape index (κ2) is 6.20. The fourth-order valence-corrected chi connectivity index (χ4v) is 3.15. The number of thiophene rings is 1. The Balaban J connectivity index is 1.89. The van der Waals surface area contributed by atoms with Crippen LogP contribution in [0.25, 0.3) is 0 Å². The number of hydrogen-bond acceptors (Lipinski definition) is 3. The molecule has 17 heavy (non-hydrogen) atoms. The number of hydrogen-bond donors (Lipinski definition) is 1. The molecule has 1 saturated heterocycles. The molecule has 0 amide bonds. The van der Waals surface area contributed by atoms with Crippen molar-refractivity contribution in [2.45, 2.75) is 26.3 Å². The van der Waals surface area contributed by atoms with Gasteiger partial charge in [-0.05, 0) is 24.9 Å². The van der Waals surface area contributed by atoms with E-state index >= 15 is 0 Å². The molecule has 2 nitrogen and oxygen atoms in total. The summed E-state index contributed by atoms with van der Waals surface area (Å²) in [6.45, 7) is 6.33. The molecule has 0 radical (unpaired) electrons. The highest BCUT2D eigenvalue weighted by Crippen LogP contribution is 2.23. The molecule has 2 N–H and O–H groups in total. The van der Waals surface area contributed by atoms with Crippen LogP contribution in [0.2, 0.25) is 0 Å². The molecular formula is C14H20N2S. The Morgan fingerprint density at radius 2 is 2.47 bits per heavy atom. The van der Waals surface area contributed by atoms with Crippen LogP contribution in [-0.2, 0) is 6.54 Å². The SMILES string of the molecule is CCC1CCN(Cc2cc(C#CCN)cs2)C1. The molecule has 2 heterocycles. The third-order valence-electron chi connectivity index (χ3n) is 3.32. The summed E-state index contributed by atoms with van der Waals surface area (Å²) in [5.74, 6) is 6.89. The molecule has 0 aromatic carbocycles. The monoisotopic (exact) mass is 248 g/mol.